The van der Waals surface area contributed by atoms with Crippen LogP contribution in [0.5, 0.6) is 0 Å². The molecule has 0 aliphatic heterocycles. The van der Waals surface area contributed by atoms with Crippen molar-refractivity contribution in [3.8, 4) is 0 Å². The summed E-state index contributed by atoms with van der Waals surface area (Å²) < 4.78 is 0. The van der Waals surface area contributed by atoms with Gasteiger partial charge in [-0.2, -0.15) is 0 Å². The maximum Gasteiger partial charge on any atom is 0.303 e. The number of hydrogen-bond acceptors (Lipinski definition) is 3. The highest BCUT2D eigenvalue weighted by Crippen LogP contribution is 2.32. The van der Waals surface area contributed by atoms with Crippen molar-refractivity contribution in [1.82, 2.24) is 0 Å². The van der Waals surface area contributed by atoms with E-state index in [2.05, 4.69) is 50.0 Å². The maximum absolute atomic E-state index is 11.0. The number of anilines is 3. The van der Waals surface area contributed by atoms with E-state index >= 15 is 0 Å². The Balaban J connectivity index is 2.39. The van der Waals surface area contributed by atoms with E-state index in [0.717, 1.165) is 35.7 Å². The summed E-state index contributed by atoms with van der Waals surface area (Å²) in [7, 11) is 0. The molecule has 0 aliphatic carbocycles. The van der Waals surface area contributed by atoms with Crippen molar-refractivity contribution >= 4 is 34.6 Å². The molecule has 4 nitrogen and oxygen atoms in total. The molecule has 28 heavy (non-hydrogen) atoms. The summed E-state index contributed by atoms with van der Waals surface area (Å²) in [6, 6.07) is 13.8. The molecule has 2 aromatic carbocycles. The highest BCUT2D eigenvalue weighted by atomic mass is 35.5. The van der Waals surface area contributed by atoms with Crippen molar-refractivity contribution in [2.45, 2.75) is 40.5 Å². The molecule has 2 aromatic rings. The van der Waals surface area contributed by atoms with Gasteiger partial charge in [-0.05, 0) is 60.2 Å². The average Bonchev–Trinajstić information content (AvgIpc) is 2.61. The van der Waals surface area contributed by atoms with Gasteiger partial charge in [-0.25, -0.2) is 0 Å². The Bertz CT molecular complexity index is 763. The van der Waals surface area contributed by atoms with Crippen LogP contribution in [0.1, 0.15) is 39.7 Å². The Hall–Kier alpha value is -2.20. The third-order valence-corrected chi connectivity index (χ3v) is 4.58. The number of benzene rings is 2. The minimum absolute atomic E-state index is 0.126. The average molecular weight is 403 g/mol. The molecule has 0 heterocycles. The summed E-state index contributed by atoms with van der Waals surface area (Å²) in [5.74, 6) is 0.292. The largest absolute Gasteiger partial charge is 0.481 e. The fourth-order valence-electron chi connectivity index (χ4n) is 3.21. The topological polar surface area (TPSA) is 52.6 Å². The van der Waals surface area contributed by atoms with Gasteiger partial charge in [0.1, 0.15) is 0 Å². The predicted molar refractivity (Wildman–Crippen MR) is 119 cm³/mol. The second-order valence-electron chi connectivity index (χ2n) is 8.07. The number of halogens is 1. The lowest BCUT2D eigenvalue weighted by Crippen LogP contribution is -2.31. The van der Waals surface area contributed by atoms with E-state index in [9.17, 15) is 4.79 Å². The highest BCUT2D eigenvalue weighted by Gasteiger charge is 2.16. The monoisotopic (exact) mass is 402 g/mol. The van der Waals surface area contributed by atoms with Crippen LogP contribution in [0.3, 0.4) is 0 Å². The Morgan fingerprint density at radius 3 is 2.18 bits per heavy atom. The van der Waals surface area contributed by atoms with Crippen LogP contribution in [-0.2, 0) is 11.2 Å². The summed E-state index contributed by atoms with van der Waals surface area (Å²) in [6.45, 7) is 10.8. The van der Waals surface area contributed by atoms with Gasteiger partial charge < -0.3 is 15.3 Å². The fourth-order valence-corrected chi connectivity index (χ4v) is 3.33. The minimum atomic E-state index is -0.780. The van der Waals surface area contributed by atoms with Gasteiger partial charge in [-0.1, -0.05) is 45.4 Å². The highest BCUT2D eigenvalue weighted by molar-refractivity contribution is 6.30. The SMILES string of the molecule is CC(C)CN(CC(C)C)c1ccc(CCC(=O)O)cc1Nc1ccc(Cl)cc1. The number of carbonyl (C=O) groups is 1. The molecule has 0 saturated heterocycles. The molecule has 0 atom stereocenters. The van der Waals surface area contributed by atoms with Crippen molar-refractivity contribution < 1.29 is 9.90 Å². The van der Waals surface area contributed by atoms with Crippen LogP contribution >= 0.6 is 11.6 Å². The van der Waals surface area contributed by atoms with Gasteiger partial charge >= 0.3 is 5.97 Å². The Morgan fingerprint density at radius 2 is 1.64 bits per heavy atom. The van der Waals surface area contributed by atoms with Crippen molar-refractivity contribution in [2.75, 3.05) is 23.3 Å². The quantitative estimate of drug-likeness (QED) is 0.495. The molecule has 0 spiro atoms. The molecule has 0 aliphatic rings. The standard InChI is InChI=1S/C23H31ClN2O2/c1-16(2)14-26(15-17(3)4)22-11-5-18(6-12-23(27)28)13-21(22)25-20-9-7-19(24)8-10-20/h5,7-11,13,16-17,25H,6,12,14-15H2,1-4H3,(H,27,28). The lowest BCUT2D eigenvalue weighted by atomic mass is 10.0. The van der Waals surface area contributed by atoms with Crippen molar-refractivity contribution in [2.24, 2.45) is 11.8 Å². The van der Waals surface area contributed by atoms with E-state index in [0.29, 0.717) is 23.3 Å². The van der Waals surface area contributed by atoms with Crippen LogP contribution < -0.4 is 10.2 Å². The molecule has 0 fully saturated rings. The van der Waals surface area contributed by atoms with Gasteiger partial charge in [-0.15, -0.1) is 0 Å². The number of carboxylic acids is 1. The molecular formula is C23H31ClN2O2. The number of nitrogens with zero attached hydrogens (tertiary/aromatic N) is 1. The van der Waals surface area contributed by atoms with E-state index in [4.69, 9.17) is 16.7 Å². The molecule has 0 bridgehead atoms. The first-order valence-electron chi connectivity index (χ1n) is 9.87. The molecule has 0 amide bonds. The number of rotatable bonds is 10. The van der Waals surface area contributed by atoms with Gasteiger partial charge in [-0.3, -0.25) is 4.79 Å². The van der Waals surface area contributed by atoms with E-state index in [1.165, 1.54) is 0 Å². The summed E-state index contributed by atoms with van der Waals surface area (Å²) in [6.07, 6.45) is 0.640. The number of aliphatic carboxylic acids is 1. The maximum atomic E-state index is 11.0. The molecule has 0 aromatic heterocycles. The Kier molecular flexibility index (Phi) is 8.18. The van der Waals surface area contributed by atoms with Crippen LogP contribution in [0, 0.1) is 11.8 Å². The number of carboxylic acid groups (broad SMARTS) is 1. The molecule has 152 valence electrons. The summed E-state index contributed by atoms with van der Waals surface area (Å²) in [5.41, 5.74) is 4.09. The van der Waals surface area contributed by atoms with Crippen LogP contribution in [0.15, 0.2) is 42.5 Å². The van der Waals surface area contributed by atoms with Gasteiger partial charge in [0.05, 0.1) is 11.4 Å². The van der Waals surface area contributed by atoms with Crippen molar-refractivity contribution in [3.63, 3.8) is 0 Å². The molecule has 0 radical (unpaired) electrons. The van der Waals surface area contributed by atoms with Gasteiger partial charge in [0.25, 0.3) is 0 Å². The van der Waals surface area contributed by atoms with E-state index < -0.39 is 5.97 Å². The second kappa shape index (κ2) is 10.4. The zero-order valence-electron chi connectivity index (χ0n) is 17.2. The van der Waals surface area contributed by atoms with E-state index in [-0.39, 0.29) is 6.42 Å². The molecule has 5 heteroatoms. The molecular weight excluding hydrogens is 372 g/mol. The van der Waals surface area contributed by atoms with Crippen LogP contribution in [0.2, 0.25) is 5.02 Å². The molecule has 2 N–H and O–H groups in total. The number of hydrogen-bond donors (Lipinski definition) is 2. The number of nitrogens with one attached hydrogen (secondary N) is 1. The second-order valence-corrected chi connectivity index (χ2v) is 8.51. The van der Waals surface area contributed by atoms with Crippen LogP contribution in [0.25, 0.3) is 0 Å². The Labute approximate surface area is 173 Å². The van der Waals surface area contributed by atoms with Gasteiger partial charge in [0.2, 0.25) is 0 Å². The lowest BCUT2D eigenvalue weighted by molar-refractivity contribution is -0.136. The summed E-state index contributed by atoms with van der Waals surface area (Å²) >= 11 is 6.02. The lowest BCUT2D eigenvalue weighted by Gasteiger charge is -2.31. The van der Waals surface area contributed by atoms with E-state index in [1.54, 1.807) is 0 Å². The molecule has 0 unspecified atom stereocenters. The zero-order chi connectivity index (χ0) is 20.7. The molecule has 0 saturated carbocycles. The third kappa shape index (κ3) is 7.08. The van der Waals surface area contributed by atoms with Crippen LogP contribution in [0.4, 0.5) is 17.1 Å². The minimum Gasteiger partial charge on any atom is -0.481 e. The smallest absolute Gasteiger partial charge is 0.303 e. The van der Waals surface area contributed by atoms with E-state index in [1.807, 2.05) is 30.3 Å². The van der Waals surface area contributed by atoms with Gasteiger partial charge in [0, 0.05) is 30.2 Å². The zero-order valence-corrected chi connectivity index (χ0v) is 18.0. The predicted octanol–water partition coefficient (Wildman–Crippen LogP) is 6.22. The first-order valence-corrected chi connectivity index (χ1v) is 10.2. The summed E-state index contributed by atoms with van der Waals surface area (Å²) in [5, 5.41) is 13.2. The molecule has 2 rings (SSSR count). The normalized spacial score (nSPS) is 11.1. The number of aryl methyl sites for hydroxylation is 1. The van der Waals surface area contributed by atoms with Crippen molar-refractivity contribution in [1.29, 1.82) is 0 Å². The first kappa shape index (κ1) is 22.1. The van der Waals surface area contributed by atoms with Crippen molar-refractivity contribution in [3.05, 3.63) is 53.1 Å². The third-order valence-electron chi connectivity index (χ3n) is 4.32. The Morgan fingerprint density at radius 1 is 1.04 bits per heavy atom. The van der Waals surface area contributed by atoms with Gasteiger partial charge in [0.15, 0.2) is 0 Å². The fraction of sp³-hybridized carbons (Fsp3) is 0.435. The first-order chi connectivity index (χ1) is 13.2. The summed E-state index contributed by atoms with van der Waals surface area (Å²) in [4.78, 5) is 13.4. The van der Waals surface area contributed by atoms with Crippen LogP contribution in [-0.4, -0.2) is 24.2 Å².